The van der Waals surface area contributed by atoms with Crippen molar-refractivity contribution in [3.63, 3.8) is 0 Å². The van der Waals surface area contributed by atoms with Gasteiger partial charge in [0.2, 0.25) is 0 Å². The lowest BCUT2D eigenvalue weighted by Gasteiger charge is -2.26. The molecule has 63 heavy (non-hydrogen) atoms. The standard InChI is InChI=1S/C53H51N5O4S/c1-3-5-7-15-33-61-43-29-25-41(26-30-43)58(42-27-31-44(32-28-42)62-34-16-8-6-4-2)40-23-21-39(22-24-40)51-49-50(52(63-51)45-35-55-46(36-54-45)53(59)60)57-48(38-19-13-10-14-20-38)47(56-49)37-17-11-9-12-18-37/h9-14,17-32,35-36H,3-8,15-16,33-34H2,1-2H3,(H,59,60). The minimum absolute atomic E-state index is 0.128. The van der Waals surface area contributed by atoms with Crippen LogP contribution in [0.25, 0.3) is 54.6 Å². The molecule has 0 fully saturated rings. The van der Waals surface area contributed by atoms with Gasteiger partial charge < -0.3 is 19.5 Å². The van der Waals surface area contributed by atoms with Crippen molar-refractivity contribution in [1.82, 2.24) is 19.9 Å². The van der Waals surface area contributed by atoms with Gasteiger partial charge in [-0.2, -0.15) is 0 Å². The number of benzene rings is 5. The van der Waals surface area contributed by atoms with Gasteiger partial charge in [0, 0.05) is 28.2 Å². The number of aromatic carboxylic acids is 1. The van der Waals surface area contributed by atoms with Crippen LogP contribution in [0.3, 0.4) is 0 Å². The van der Waals surface area contributed by atoms with Gasteiger partial charge in [0.25, 0.3) is 0 Å². The first kappa shape index (κ1) is 42.8. The Morgan fingerprint density at radius 2 is 1.02 bits per heavy atom. The molecule has 9 nitrogen and oxygen atoms in total. The summed E-state index contributed by atoms with van der Waals surface area (Å²) >= 11 is 1.52. The van der Waals surface area contributed by atoms with E-state index in [1.54, 1.807) is 0 Å². The average Bonchev–Trinajstić information content (AvgIpc) is 3.71. The van der Waals surface area contributed by atoms with Gasteiger partial charge in [-0.3, -0.25) is 4.98 Å². The van der Waals surface area contributed by atoms with Crippen molar-refractivity contribution in [1.29, 1.82) is 0 Å². The second kappa shape index (κ2) is 20.8. The average molecular weight is 854 g/mol. The smallest absolute Gasteiger partial charge is 0.356 e. The van der Waals surface area contributed by atoms with Crippen LogP contribution < -0.4 is 14.4 Å². The molecule has 0 aliphatic carbocycles. The Balaban J connectivity index is 1.19. The van der Waals surface area contributed by atoms with Gasteiger partial charge in [-0.1, -0.05) is 125 Å². The maximum atomic E-state index is 11.7. The van der Waals surface area contributed by atoms with Crippen LogP contribution in [-0.2, 0) is 0 Å². The molecule has 0 unspecified atom stereocenters. The van der Waals surface area contributed by atoms with Crippen LogP contribution >= 0.6 is 11.3 Å². The first-order valence-electron chi connectivity index (χ1n) is 21.9. The Hall–Kier alpha value is -6.91. The lowest BCUT2D eigenvalue weighted by Crippen LogP contribution is -2.10. The molecule has 5 aromatic carbocycles. The van der Waals surface area contributed by atoms with Crippen molar-refractivity contribution >= 4 is 45.4 Å². The number of hydrogen-bond acceptors (Lipinski definition) is 9. The number of carbonyl (C=O) groups is 1. The summed E-state index contributed by atoms with van der Waals surface area (Å²) in [5.74, 6) is 0.570. The fourth-order valence-corrected chi connectivity index (χ4v) is 8.65. The van der Waals surface area contributed by atoms with Crippen molar-refractivity contribution in [3.05, 3.63) is 152 Å². The summed E-state index contributed by atoms with van der Waals surface area (Å²) in [5.41, 5.74) is 9.06. The van der Waals surface area contributed by atoms with E-state index < -0.39 is 5.97 Å². The molecule has 10 heteroatoms. The summed E-state index contributed by atoms with van der Waals surface area (Å²) < 4.78 is 12.2. The molecule has 8 rings (SSSR count). The van der Waals surface area contributed by atoms with E-state index in [9.17, 15) is 9.90 Å². The predicted molar refractivity (Wildman–Crippen MR) is 256 cm³/mol. The quantitative estimate of drug-likeness (QED) is 0.0749. The Morgan fingerprint density at radius 1 is 0.540 bits per heavy atom. The molecule has 0 aliphatic rings. The van der Waals surface area contributed by atoms with Crippen molar-refractivity contribution in [2.45, 2.75) is 65.2 Å². The SMILES string of the molecule is CCCCCCOc1ccc(N(c2ccc(OCCCCCC)cc2)c2ccc(-c3sc(-c4cnc(C(=O)O)cn4)c4nc(-c5ccccc5)c(-c5ccccc5)nc34)cc2)cc1. The van der Waals surface area contributed by atoms with E-state index in [2.05, 4.69) is 77.2 Å². The van der Waals surface area contributed by atoms with Crippen LogP contribution in [-0.4, -0.2) is 44.2 Å². The van der Waals surface area contributed by atoms with Gasteiger partial charge in [-0.25, -0.2) is 19.7 Å². The van der Waals surface area contributed by atoms with Gasteiger partial charge >= 0.3 is 5.97 Å². The molecule has 318 valence electrons. The van der Waals surface area contributed by atoms with Gasteiger partial charge in [0.15, 0.2) is 5.69 Å². The summed E-state index contributed by atoms with van der Waals surface area (Å²) in [6.07, 6.45) is 12.0. The zero-order valence-corrected chi connectivity index (χ0v) is 36.6. The van der Waals surface area contributed by atoms with Gasteiger partial charge in [0.1, 0.15) is 28.2 Å². The Bertz CT molecular complexity index is 2650. The number of nitrogens with zero attached hydrogens (tertiary/aromatic N) is 5. The molecular weight excluding hydrogens is 803 g/mol. The predicted octanol–water partition coefficient (Wildman–Crippen LogP) is 14.2. The monoisotopic (exact) mass is 853 g/mol. The number of aromatic nitrogens is 4. The third kappa shape index (κ3) is 10.2. The minimum atomic E-state index is -1.14. The number of hydrogen-bond donors (Lipinski definition) is 1. The molecule has 0 aliphatic heterocycles. The Kier molecular flexibility index (Phi) is 14.1. The number of unbranched alkanes of at least 4 members (excludes halogenated alkanes) is 6. The lowest BCUT2D eigenvalue weighted by atomic mass is 10.0. The van der Waals surface area contributed by atoms with E-state index in [-0.39, 0.29) is 5.69 Å². The number of fused-ring (bicyclic) bond motifs is 1. The highest BCUT2D eigenvalue weighted by molar-refractivity contribution is 7.20. The summed E-state index contributed by atoms with van der Waals surface area (Å²) in [6.45, 7) is 5.84. The fraction of sp³-hybridized carbons (Fsp3) is 0.226. The molecule has 0 saturated carbocycles. The van der Waals surface area contributed by atoms with Crippen molar-refractivity contribution in [2.75, 3.05) is 18.1 Å². The van der Waals surface area contributed by atoms with Crippen LogP contribution in [0.15, 0.2) is 146 Å². The third-order valence-electron chi connectivity index (χ3n) is 10.8. The topological polar surface area (TPSA) is 111 Å². The molecule has 0 saturated heterocycles. The van der Waals surface area contributed by atoms with Crippen LogP contribution in [0, 0.1) is 0 Å². The zero-order chi connectivity index (χ0) is 43.4. The normalized spacial score (nSPS) is 11.1. The van der Waals surface area contributed by atoms with Gasteiger partial charge in [0.05, 0.1) is 46.7 Å². The fourth-order valence-electron chi connectivity index (χ4n) is 7.50. The Morgan fingerprint density at radius 3 is 1.46 bits per heavy atom. The highest BCUT2D eigenvalue weighted by Gasteiger charge is 2.23. The van der Waals surface area contributed by atoms with Crippen molar-refractivity contribution in [2.24, 2.45) is 0 Å². The number of thiophene rings is 1. The maximum absolute atomic E-state index is 11.7. The van der Waals surface area contributed by atoms with Crippen LogP contribution in [0.4, 0.5) is 17.1 Å². The number of carboxylic acid groups (broad SMARTS) is 1. The van der Waals surface area contributed by atoms with Crippen LogP contribution in [0.2, 0.25) is 0 Å². The largest absolute Gasteiger partial charge is 0.494 e. The molecule has 1 N–H and O–H groups in total. The number of anilines is 3. The summed E-state index contributed by atoms with van der Waals surface area (Å²) in [6, 6.07) is 45.2. The summed E-state index contributed by atoms with van der Waals surface area (Å²) in [4.78, 5) is 35.1. The first-order chi connectivity index (χ1) is 31.0. The van der Waals surface area contributed by atoms with Crippen LogP contribution in [0.5, 0.6) is 11.5 Å². The molecule has 3 heterocycles. The molecule has 0 radical (unpaired) electrons. The first-order valence-corrected chi connectivity index (χ1v) is 22.7. The highest BCUT2D eigenvalue weighted by Crippen LogP contribution is 2.45. The molecular formula is C53H51N5O4S. The van der Waals surface area contributed by atoms with E-state index in [0.717, 1.165) is 84.8 Å². The maximum Gasteiger partial charge on any atom is 0.356 e. The molecule has 0 amide bonds. The van der Waals surface area contributed by atoms with E-state index in [1.807, 2.05) is 84.9 Å². The zero-order valence-electron chi connectivity index (χ0n) is 35.7. The molecule has 0 spiro atoms. The van der Waals surface area contributed by atoms with E-state index in [4.69, 9.17) is 19.4 Å². The third-order valence-corrected chi connectivity index (χ3v) is 12.1. The Labute approximate surface area is 373 Å². The minimum Gasteiger partial charge on any atom is -0.494 e. The number of ether oxygens (including phenoxy) is 2. The van der Waals surface area contributed by atoms with Crippen LogP contribution in [0.1, 0.15) is 75.7 Å². The van der Waals surface area contributed by atoms with Gasteiger partial charge in [-0.15, -0.1) is 11.3 Å². The van der Waals surface area contributed by atoms with E-state index in [1.165, 1.54) is 62.3 Å². The highest BCUT2D eigenvalue weighted by atomic mass is 32.1. The number of carboxylic acids is 1. The second-order valence-electron chi connectivity index (χ2n) is 15.4. The van der Waals surface area contributed by atoms with E-state index >= 15 is 0 Å². The van der Waals surface area contributed by atoms with Gasteiger partial charge in [-0.05, 0) is 79.1 Å². The summed E-state index contributed by atoms with van der Waals surface area (Å²) in [5, 5.41) is 9.58. The van der Waals surface area contributed by atoms with E-state index in [0.29, 0.717) is 24.4 Å². The molecule has 0 bridgehead atoms. The molecule has 8 aromatic rings. The van der Waals surface area contributed by atoms with Crippen molar-refractivity contribution in [3.8, 4) is 55.0 Å². The second-order valence-corrected chi connectivity index (χ2v) is 16.4. The lowest BCUT2D eigenvalue weighted by molar-refractivity contribution is 0.0690. The van der Waals surface area contributed by atoms with Crippen molar-refractivity contribution < 1.29 is 19.4 Å². The number of rotatable bonds is 20. The summed E-state index contributed by atoms with van der Waals surface area (Å²) in [7, 11) is 0. The molecule has 3 aromatic heterocycles. The molecule has 0 atom stereocenters.